The normalized spacial score (nSPS) is 13.3. The van der Waals surface area contributed by atoms with Gasteiger partial charge in [0.15, 0.2) is 11.5 Å². The van der Waals surface area contributed by atoms with Crippen LogP contribution in [0.1, 0.15) is 11.3 Å². The third kappa shape index (κ3) is 2.89. The van der Waals surface area contributed by atoms with Crippen LogP contribution in [0.5, 0.6) is 11.5 Å². The smallest absolute Gasteiger partial charge is 0.183 e. The van der Waals surface area contributed by atoms with Crippen molar-refractivity contribution >= 4 is 11.4 Å². The Labute approximate surface area is 161 Å². The number of nitriles is 1. The molecule has 2 heterocycles. The molecule has 136 valence electrons. The summed E-state index contributed by atoms with van der Waals surface area (Å²) in [6.45, 7) is 4.04. The Balaban J connectivity index is 1.80. The number of para-hydroxylation sites is 1. The molecule has 0 aliphatic carbocycles. The number of anilines is 1. The first kappa shape index (κ1) is 17.1. The zero-order valence-corrected chi connectivity index (χ0v) is 14.7. The van der Waals surface area contributed by atoms with Gasteiger partial charge in [0, 0.05) is 6.20 Å². The van der Waals surface area contributed by atoms with Crippen LogP contribution in [0.25, 0.3) is 5.69 Å². The molecule has 0 atom stereocenters. The first-order chi connectivity index (χ1) is 13.6. The highest BCUT2D eigenvalue weighted by atomic mass is 16.3. The van der Waals surface area contributed by atoms with Gasteiger partial charge < -0.3 is 10.2 Å². The van der Waals surface area contributed by atoms with Crippen molar-refractivity contribution in [1.82, 2.24) is 9.78 Å². The van der Waals surface area contributed by atoms with E-state index < -0.39 is 0 Å². The van der Waals surface area contributed by atoms with E-state index in [2.05, 4.69) is 22.8 Å². The number of nitrogens with zero attached hydrogens (tertiary/aromatic N) is 5. The molecule has 1 aliphatic heterocycles. The molecule has 2 aromatic carbocycles. The summed E-state index contributed by atoms with van der Waals surface area (Å²) in [6, 6.07) is 15.7. The van der Waals surface area contributed by atoms with E-state index in [0.717, 1.165) is 5.69 Å². The third-order valence-corrected chi connectivity index (χ3v) is 4.27. The fourth-order valence-electron chi connectivity index (χ4n) is 2.89. The predicted molar refractivity (Wildman–Crippen MR) is 105 cm³/mol. The molecule has 0 spiro atoms. The van der Waals surface area contributed by atoms with Gasteiger partial charge in [0.25, 0.3) is 0 Å². The Hall–Kier alpha value is -4.31. The highest BCUT2D eigenvalue weighted by molar-refractivity contribution is 6.14. The van der Waals surface area contributed by atoms with E-state index in [9.17, 15) is 10.2 Å². The fraction of sp³-hybridized carbons (Fsp3) is 0. The summed E-state index contributed by atoms with van der Waals surface area (Å²) >= 11 is 0. The van der Waals surface area contributed by atoms with Crippen molar-refractivity contribution in [2.24, 2.45) is 5.10 Å². The number of rotatable bonds is 3. The maximum Gasteiger partial charge on any atom is 0.183 e. The van der Waals surface area contributed by atoms with E-state index in [4.69, 9.17) is 5.26 Å². The van der Waals surface area contributed by atoms with Gasteiger partial charge in [-0.25, -0.2) is 9.69 Å². The first-order valence-corrected chi connectivity index (χ1v) is 8.39. The lowest BCUT2D eigenvalue weighted by atomic mass is 10.1. The van der Waals surface area contributed by atoms with Crippen LogP contribution in [0.15, 0.2) is 84.3 Å². The largest absolute Gasteiger partial charge is 0.504 e. The minimum absolute atomic E-state index is 0.231. The van der Waals surface area contributed by atoms with Crippen LogP contribution >= 0.6 is 0 Å². The van der Waals surface area contributed by atoms with E-state index in [1.165, 1.54) is 11.1 Å². The van der Waals surface area contributed by atoms with E-state index in [0.29, 0.717) is 28.2 Å². The molecule has 0 amide bonds. The van der Waals surface area contributed by atoms with Crippen LogP contribution < -0.4 is 5.01 Å². The highest BCUT2D eigenvalue weighted by Gasteiger charge is 2.20. The molecule has 1 aromatic heterocycles. The Bertz CT molecular complexity index is 1180. The molecule has 3 aromatic rings. The minimum atomic E-state index is -0.266. The van der Waals surface area contributed by atoms with Crippen molar-refractivity contribution in [3.05, 3.63) is 90.4 Å². The van der Waals surface area contributed by atoms with Crippen LogP contribution in [0.4, 0.5) is 5.69 Å². The number of allylic oxidation sites excluding steroid dienone is 2. The number of aromatic nitrogens is 2. The van der Waals surface area contributed by atoms with Crippen molar-refractivity contribution in [1.29, 1.82) is 5.26 Å². The van der Waals surface area contributed by atoms with Crippen molar-refractivity contribution in [3.8, 4) is 23.3 Å². The highest BCUT2D eigenvalue weighted by Crippen LogP contribution is 2.37. The SMILES string of the molecule is C=C1C=CN(c2cccc(O)c2O)N=C1c1ccnn1-c1cccc(C#N)c1. The second-order valence-electron chi connectivity index (χ2n) is 6.07. The van der Waals surface area contributed by atoms with Crippen molar-refractivity contribution < 1.29 is 10.2 Å². The Morgan fingerprint density at radius 2 is 1.89 bits per heavy atom. The molecule has 0 unspecified atom stereocenters. The standard InChI is InChI=1S/C21H15N5O2/c1-14-9-11-25(18-6-3-7-19(27)21(18)28)24-20(14)17-8-10-23-26(17)16-5-2-4-15(12-16)13-22/h2-12,27-28H,1H2. The molecule has 0 saturated carbocycles. The van der Waals surface area contributed by atoms with Crippen LogP contribution in [0, 0.1) is 11.3 Å². The topological polar surface area (TPSA) is 97.7 Å². The lowest BCUT2D eigenvalue weighted by Crippen LogP contribution is -2.21. The molecule has 7 heteroatoms. The van der Waals surface area contributed by atoms with Crippen molar-refractivity contribution in [2.75, 3.05) is 5.01 Å². The number of hydrogen-bond donors (Lipinski definition) is 2. The lowest BCUT2D eigenvalue weighted by molar-refractivity contribution is 0.404. The number of hydrogen-bond acceptors (Lipinski definition) is 6. The van der Waals surface area contributed by atoms with E-state index >= 15 is 0 Å². The fourth-order valence-corrected chi connectivity index (χ4v) is 2.89. The van der Waals surface area contributed by atoms with Crippen molar-refractivity contribution in [2.45, 2.75) is 0 Å². The number of hydrazone groups is 1. The maximum atomic E-state index is 10.2. The van der Waals surface area contributed by atoms with Crippen LogP contribution in [0.2, 0.25) is 0 Å². The molecule has 0 saturated heterocycles. The van der Waals surface area contributed by atoms with Gasteiger partial charge in [-0.2, -0.15) is 15.5 Å². The van der Waals surface area contributed by atoms with Gasteiger partial charge in [0.2, 0.25) is 0 Å². The number of phenols is 2. The van der Waals surface area contributed by atoms with Crippen molar-refractivity contribution in [3.63, 3.8) is 0 Å². The van der Waals surface area contributed by atoms with Gasteiger partial charge in [0.1, 0.15) is 11.4 Å². The maximum absolute atomic E-state index is 10.2. The molecule has 0 bridgehead atoms. The summed E-state index contributed by atoms with van der Waals surface area (Å²) < 4.78 is 1.67. The second kappa shape index (κ2) is 6.78. The molecule has 2 N–H and O–H groups in total. The molecule has 7 nitrogen and oxygen atoms in total. The number of phenolic OH excluding ortho intramolecular Hbond substituents is 2. The van der Waals surface area contributed by atoms with Crippen LogP contribution in [0.3, 0.4) is 0 Å². The van der Waals surface area contributed by atoms with E-state index in [1.54, 1.807) is 59.6 Å². The van der Waals surface area contributed by atoms with Crippen LogP contribution in [-0.4, -0.2) is 25.7 Å². The predicted octanol–water partition coefficient (Wildman–Crippen LogP) is 3.45. The number of benzene rings is 2. The molecule has 28 heavy (non-hydrogen) atoms. The van der Waals surface area contributed by atoms with Gasteiger partial charge in [-0.05, 0) is 48.0 Å². The molecular weight excluding hydrogens is 354 g/mol. The van der Waals surface area contributed by atoms with Gasteiger partial charge >= 0.3 is 0 Å². The summed E-state index contributed by atoms with van der Waals surface area (Å²) in [6.07, 6.45) is 5.05. The van der Waals surface area contributed by atoms with E-state index in [1.807, 2.05) is 6.07 Å². The average Bonchev–Trinajstić information content (AvgIpc) is 3.20. The quantitative estimate of drug-likeness (QED) is 0.689. The lowest BCUT2D eigenvalue weighted by Gasteiger charge is -2.22. The molecular formula is C21H15N5O2. The Kier molecular flexibility index (Phi) is 4.14. The molecule has 0 fully saturated rings. The monoisotopic (exact) mass is 369 g/mol. The summed E-state index contributed by atoms with van der Waals surface area (Å²) in [5.74, 6) is -0.497. The second-order valence-corrected chi connectivity index (χ2v) is 6.07. The van der Waals surface area contributed by atoms with Gasteiger partial charge in [0.05, 0.1) is 29.2 Å². The molecule has 0 radical (unpaired) electrons. The average molecular weight is 369 g/mol. The summed E-state index contributed by atoms with van der Waals surface area (Å²) in [4.78, 5) is 0. The first-order valence-electron chi connectivity index (χ1n) is 8.39. The zero-order chi connectivity index (χ0) is 19.7. The van der Waals surface area contributed by atoms with Gasteiger partial charge in [-0.3, -0.25) is 0 Å². The number of aromatic hydroxyl groups is 2. The summed E-state index contributed by atoms with van der Waals surface area (Å²) in [5, 5.41) is 39.5. The molecule has 4 rings (SSSR count). The van der Waals surface area contributed by atoms with Crippen LogP contribution in [-0.2, 0) is 0 Å². The summed E-state index contributed by atoms with van der Waals surface area (Å²) in [7, 11) is 0. The molecule has 1 aliphatic rings. The summed E-state index contributed by atoms with van der Waals surface area (Å²) in [5.41, 5.74) is 3.46. The third-order valence-electron chi connectivity index (χ3n) is 4.27. The zero-order valence-electron chi connectivity index (χ0n) is 14.7. The Morgan fingerprint density at radius 3 is 2.71 bits per heavy atom. The minimum Gasteiger partial charge on any atom is -0.504 e. The van der Waals surface area contributed by atoms with Gasteiger partial charge in [-0.15, -0.1) is 0 Å². The van der Waals surface area contributed by atoms with Gasteiger partial charge in [-0.1, -0.05) is 18.7 Å². The Morgan fingerprint density at radius 1 is 1.07 bits per heavy atom. The van der Waals surface area contributed by atoms with E-state index in [-0.39, 0.29) is 11.5 Å².